The highest BCUT2D eigenvalue weighted by atomic mass is 32.2. The zero-order chi connectivity index (χ0) is 20.4. The Morgan fingerprint density at radius 2 is 1.59 bits per heavy atom. The molecule has 0 aliphatic carbocycles. The van der Waals surface area contributed by atoms with Crippen LogP contribution in [0.1, 0.15) is 33.6 Å². The minimum Gasteiger partial charge on any atom is -0.444 e. The Hall–Kier alpha value is -1.39. The molecule has 0 unspecified atom stereocenters. The summed E-state index contributed by atoms with van der Waals surface area (Å²) < 4.78 is 32.4. The van der Waals surface area contributed by atoms with Crippen molar-refractivity contribution >= 4 is 22.2 Å². The number of hydrogen-bond acceptors (Lipinski definition) is 5. The first-order valence-corrected chi connectivity index (χ1v) is 10.8. The second kappa shape index (κ2) is 8.32. The average molecular weight is 405 g/mol. The van der Waals surface area contributed by atoms with Crippen molar-refractivity contribution in [3.05, 3.63) is 0 Å². The summed E-state index contributed by atoms with van der Waals surface area (Å²) in [6.45, 7) is 7.71. The molecule has 2 heterocycles. The fraction of sp³-hybridized carbons (Fsp3) is 0.882. The summed E-state index contributed by atoms with van der Waals surface area (Å²) in [5.41, 5.74) is -0.567. The fourth-order valence-electron chi connectivity index (χ4n) is 3.30. The second-order valence-electron chi connectivity index (χ2n) is 8.28. The van der Waals surface area contributed by atoms with Crippen LogP contribution >= 0.6 is 0 Å². The molecule has 1 atom stereocenters. The molecule has 0 aromatic carbocycles. The molecule has 0 aromatic heterocycles. The summed E-state index contributed by atoms with van der Waals surface area (Å²) in [6, 6.07) is 0. The van der Waals surface area contributed by atoms with E-state index in [4.69, 9.17) is 4.74 Å². The zero-order valence-corrected chi connectivity index (χ0v) is 17.8. The molecule has 0 saturated carbocycles. The lowest BCUT2D eigenvalue weighted by Gasteiger charge is -2.39. The molecule has 2 aliphatic heterocycles. The molecule has 2 amide bonds. The molecule has 9 nitrogen and oxygen atoms in total. The molecule has 156 valence electrons. The molecular formula is C17H32N4O5S. The van der Waals surface area contributed by atoms with Crippen LogP contribution in [0.2, 0.25) is 0 Å². The lowest BCUT2D eigenvalue weighted by molar-refractivity contribution is -0.138. The summed E-state index contributed by atoms with van der Waals surface area (Å²) in [4.78, 5) is 28.5. The van der Waals surface area contributed by atoms with E-state index < -0.39 is 15.8 Å². The molecule has 2 rings (SSSR count). The van der Waals surface area contributed by atoms with E-state index in [9.17, 15) is 18.0 Å². The third-order valence-electron chi connectivity index (χ3n) is 4.76. The normalized spacial score (nSPS) is 22.8. The number of hydrogen-bond donors (Lipinski definition) is 0. The SMILES string of the molecule is CN(C)S(=O)(=O)N1CCN(C(=O)[C@H]2CCCN(C(=O)OC(C)(C)C)C2)CC1. The Morgan fingerprint density at radius 3 is 2.11 bits per heavy atom. The maximum absolute atomic E-state index is 12.9. The monoisotopic (exact) mass is 404 g/mol. The minimum absolute atomic E-state index is 0.00911. The van der Waals surface area contributed by atoms with Crippen LogP contribution in [-0.2, 0) is 19.7 Å². The predicted octanol–water partition coefficient (Wildman–Crippen LogP) is 0.584. The highest BCUT2D eigenvalue weighted by molar-refractivity contribution is 7.86. The first-order valence-electron chi connectivity index (χ1n) is 9.36. The summed E-state index contributed by atoms with van der Waals surface area (Å²) in [5.74, 6) is -0.270. The van der Waals surface area contributed by atoms with Gasteiger partial charge in [0, 0.05) is 53.4 Å². The maximum atomic E-state index is 12.9. The van der Waals surface area contributed by atoms with Gasteiger partial charge < -0.3 is 14.5 Å². The van der Waals surface area contributed by atoms with Crippen LogP contribution in [0.15, 0.2) is 0 Å². The molecule has 0 spiro atoms. The number of rotatable bonds is 3. The molecule has 0 N–H and O–H groups in total. The van der Waals surface area contributed by atoms with Crippen LogP contribution in [0.4, 0.5) is 4.79 Å². The molecular weight excluding hydrogens is 372 g/mol. The second-order valence-corrected chi connectivity index (χ2v) is 10.4. The van der Waals surface area contributed by atoms with E-state index in [-0.39, 0.29) is 31.0 Å². The third kappa shape index (κ3) is 5.55. The van der Waals surface area contributed by atoms with Gasteiger partial charge in [-0.05, 0) is 33.6 Å². The van der Waals surface area contributed by atoms with E-state index in [1.54, 1.807) is 9.80 Å². The van der Waals surface area contributed by atoms with Gasteiger partial charge >= 0.3 is 6.09 Å². The van der Waals surface area contributed by atoms with Gasteiger partial charge in [-0.15, -0.1) is 0 Å². The van der Waals surface area contributed by atoms with Gasteiger partial charge in [0.15, 0.2) is 0 Å². The van der Waals surface area contributed by atoms with Crippen molar-refractivity contribution < 1.29 is 22.7 Å². The topological polar surface area (TPSA) is 90.5 Å². The van der Waals surface area contributed by atoms with Gasteiger partial charge in [0.1, 0.15) is 5.60 Å². The van der Waals surface area contributed by atoms with E-state index >= 15 is 0 Å². The summed E-state index contributed by atoms with van der Waals surface area (Å²) >= 11 is 0. The number of ether oxygens (including phenoxy) is 1. The van der Waals surface area contributed by atoms with Crippen molar-refractivity contribution in [2.24, 2.45) is 5.92 Å². The van der Waals surface area contributed by atoms with Crippen molar-refractivity contribution in [1.29, 1.82) is 0 Å². The number of piperidine rings is 1. The van der Waals surface area contributed by atoms with Gasteiger partial charge in [0.2, 0.25) is 5.91 Å². The van der Waals surface area contributed by atoms with Crippen LogP contribution in [0.25, 0.3) is 0 Å². The summed E-state index contributed by atoms with van der Waals surface area (Å²) in [5, 5.41) is 0. The number of piperazine rings is 1. The number of nitrogens with zero attached hydrogens (tertiary/aromatic N) is 4. The van der Waals surface area contributed by atoms with Gasteiger partial charge in [0.25, 0.3) is 10.2 Å². The van der Waals surface area contributed by atoms with Crippen molar-refractivity contribution in [3.63, 3.8) is 0 Å². The van der Waals surface area contributed by atoms with E-state index in [2.05, 4.69) is 0 Å². The smallest absolute Gasteiger partial charge is 0.410 e. The van der Waals surface area contributed by atoms with Crippen molar-refractivity contribution in [3.8, 4) is 0 Å². The van der Waals surface area contributed by atoms with E-state index in [0.29, 0.717) is 26.2 Å². The first kappa shape index (κ1) is 21.9. The van der Waals surface area contributed by atoms with Crippen LogP contribution in [0.3, 0.4) is 0 Å². The highest BCUT2D eigenvalue weighted by Crippen LogP contribution is 2.22. The Balaban J connectivity index is 1.92. The van der Waals surface area contributed by atoms with Crippen molar-refractivity contribution in [1.82, 2.24) is 18.4 Å². The van der Waals surface area contributed by atoms with Gasteiger partial charge in [0.05, 0.1) is 5.92 Å². The number of amides is 2. The standard InChI is InChI=1S/C17H32N4O5S/c1-17(2,3)26-16(23)20-8-6-7-14(13-20)15(22)19-9-11-21(12-10-19)27(24,25)18(4)5/h14H,6-13H2,1-5H3/t14-/m0/s1. The molecule has 2 fully saturated rings. The van der Waals surface area contributed by atoms with Crippen LogP contribution < -0.4 is 0 Å². The largest absolute Gasteiger partial charge is 0.444 e. The fourth-order valence-corrected chi connectivity index (χ4v) is 4.39. The molecule has 27 heavy (non-hydrogen) atoms. The number of likely N-dealkylation sites (tertiary alicyclic amines) is 1. The quantitative estimate of drug-likeness (QED) is 0.686. The molecule has 2 saturated heterocycles. The number of carbonyl (C=O) groups excluding carboxylic acids is 2. The lowest BCUT2D eigenvalue weighted by atomic mass is 9.96. The van der Waals surface area contributed by atoms with Gasteiger partial charge in [-0.25, -0.2) is 4.79 Å². The highest BCUT2D eigenvalue weighted by Gasteiger charge is 2.36. The Morgan fingerprint density at radius 1 is 1.00 bits per heavy atom. The van der Waals surface area contributed by atoms with Crippen LogP contribution in [0.5, 0.6) is 0 Å². The van der Waals surface area contributed by atoms with Gasteiger partial charge in [-0.3, -0.25) is 4.79 Å². The van der Waals surface area contributed by atoms with Gasteiger partial charge in [-0.1, -0.05) is 0 Å². The summed E-state index contributed by atoms with van der Waals surface area (Å²) in [6.07, 6.45) is 1.10. The van der Waals surface area contributed by atoms with E-state index in [0.717, 1.165) is 12.8 Å². The molecule has 10 heteroatoms. The molecule has 0 radical (unpaired) electrons. The zero-order valence-electron chi connectivity index (χ0n) is 17.0. The van der Waals surface area contributed by atoms with Crippen LogP contribution in [0, 0.1) is 5.92 Å². The maximum Gasteiger partial charge on any atom is 0.410 e. The lowest BCUT2D eigenvalue weighted by Crippen LogP contribution is -2.55. The number of carbonyl (C=O) groups is 2. The Bertz CT molecular complexity index is 651. The molecule has 0 bridgehead atoms. The molecule has 2 aliphatic rings. The summed E-state index contributed by atoms with van der Waals surface area (Å²) in [7, 11) is -0.452. The predicted molar refractivity (Wildman–Crippen MR) is 101 cm³/mol. The Kier molecular flexibility index (Phi) is 6.75. The van der Waals surface area contributed by atoms with Crippen molar-refractivity contribution in [2.45, 2.75) is 39.2 Å². The first-order chi connectivity index (χ1) is 12.4. The van der Waals surface area contributed by atoms with E-state index in [1.165, 1.54) is 22.7 Å². The minimum atomic E-state index is -3.45. The average Bonchev–Trinajstić information content (AvgIpc) is 2.59. The van der Waals surface area contributed by atoms with Gasteiger partial charge in [-0.2, -0.15) is 17.0 Å². The van der Waals surface area contributed by atoms with Crippen LogP contribution in [-0.4, -0.2) is 97.8 Å². The van der Waals surface area contributed by atoms with E-state index in [1.807, 2.05) is 20.8 Å². The van der Waals surface area contributed by atoms with Crippen molar-refractivity contribution in [2.75, 3.05) is 53.4 Å². The molecule has 0 aromatic rings. The third-order valence-corrected chi connectivity index (χ3v) is 6.70. The Labute approximate surface area is 162 Å².